The number of nitrogens with one attached hydrogen (secondary N) is 2. The van der Waals surface area contributed by atoms with Crippen molar-refractivity contribution in [1.82, 2.24) is 9.88 Å². The fourth-order valence-corrected chi connectivity index (χ4v) is 5.78. The number of carbonyl (C=O) groups is 4. The number of hydrogen-bond donors (Lipinski definition) is 2. The van der Waals surface area contributed by atoms with E-state index in [1.807, 2.05) is 13.8 Å². The zero-order valence-corrected chi connectivity index (χ0v) is 25.9. The number of esters is 1. The lowest BCUT2D eigenvalue weighted by atomic mass is 9.92. The van der Waals surface area contributed by atoms with Crippen molar-refractivity contribution in [3.8, 4) is 11.3 Å². The summed E-state index contributed by atoms with van der Waals surface area (Å²) in [6.07, 6.45) is 1.84. The number of fused-ring (bicyclic) bond motifs is 1. The third-order valence-electron chi connectivity index (χ3n) is 7.52. The molecule has 2 amide bonds. The minimum atomic E-state index is -0.645. The Morgan fingerprint density at radius 2 is 1.79 bits per heavy atom. The number of anilines is 1. The number of hydrogen-bond acceptors (Lipinski definition) is 5. The number of Topliss-reactive ketones (excluding diaryl/α,β-unsaturated/α-hetero) is 1. The summed E-state index contributed by atoms with van der Waals surface area (Å²) in [7, 11) is 0. The minimum Gasteiger partial charge on any atom is -0.460 e. The van der Waals surface area contributed by atoms with Crippen LogP contribution in [0.4, 0.5) is 10.1 Å². The number of likely N-dealkylation sites (tertiary alicyclic amines) is 1. The van der Waals surface area contributed by atoms with Gasteiger partial charge in [0.1, 0.15) is 5.60 Å². The molecule has 43 heavy (non-hydrogen) atoms. The fourth-order valence-electron chi connectivity index (χ4n) is 5.78. The maximum Gasteiger partial charge on any atom is 0.307 e. The first-order valence-corrected chi connectivity index (χ1v) is 14.9. The number of carbonyl (C=O) groups excluding carboxylic acids is 4. The lowest BCUT2D eigenvalue weighted by Crippen LogP contribution is -2.45. The first-order chi connectivity index (χ1) is 20.2. The highest BCUT2D eigenvalue weighted by atomic mass is 19.1. The molecule has 1 saturated heterocycles. The van der Waals surface area contributed by atoms with Crippen LogP contribution in [0.1, 0.15) is 72.8 Å². The normalized spacial score (nSPS) is 16.0. The van der Waals surface area contributed by atoms with Gasteiger partial charge in [0.2, 0.25) is 11.8 Å². The molecule has 2 N–H and O–H groups in total. The summed E-state index contributed by atoms with van der Waals surface area (Å²) >= 11 is 0. The van der Waals surface area contributed by atoms with Crippen LogP contribution < -0.4 is 5.32 Å². The van der Waals surface area contributed by atoms with E-state index in [2.05, 4.69) is 10.3 Å². The van der Waals surface area contributed by atoms with Crippen LogP contribution in [0.3, 0.4) is 0 Å². The van der Waals surface area contributed by atoms with E-state index in [1.165, 1.54) is 6.92 Å². The minimum absolute atomic E-state index is 0.0204. The van der Waals surface area contributed by atoms with Crippen molar-refractivity contribution in [2.75, 3.05) is 11.9 Å². The molecule has 0 radical (unpaired) electrons. The van der Waals surface area contributed by atoms with E-state index in [0.29, 0.717) is 59.2 Å². The number of halogens is 1. The standard InChI is InChI=1S/C34H42FN3O5/c1-20(2)16-24(19-30(41)43-34(4,5)6)33(42)38-15-7-8-28(38)29(40)18-22-9-14-27-26(17-22)31(35)32(37-27)23-10-12-25(13-11-23)36-21(3)39/h9-14,17,20,24,28,37H,7-8,15-16,18-19H2,1-6H3,(H,36,39)/t24-,28-/m0/s1. The molecule has 8 nitrogen and oxygen atoms in total. The number of benzene rings is 2. The third kappa shape index (κ3) is 8.09. The van der Waals surface area contributed by atoms with E-state index in [9.17, 15) is 19.2 Å². The molecular weight excluding hydrogens is 549 g/mol. The van der Waals surface area contributed by atoms with Gasteiger partial charge in [0, 0.05) is 48.0 Å². The first kappa shape index (κ1) is 31.9. The van der Waals surface area contributed by atoms with Gasteiger partial charge in [0.15, 0.2) is 11.6 Å². The first-order valence-electron chi connectivity index (χ1n) is 14.9. The maximum atomic E-state index is 15.5. The molecule has 0 bridgehead atoms. The van der Waals surface area contributed by atoms with Gasteiger partial charge in [-0.15, -0.1) is 0 Å². The summed E-state index contributed by atoms with van der Waals surface area (Å²) in [6.45, 7) is 11.3. The van der Waals surface area contributed by atoms with Gasteiger partial charge < -0.3 is 19.9 Å². The summed E-state index contributed by atoms with van der Waals surface area (Å²) in [4.78, 5) is 55.8. The van der Waals surface area contributed by atoms with Crippen LogP contribution in [0, 0.1) is 17.7 Å². The van der Waals surface area contributed by atoms with Gasteiger partial charge in [-0.05, 0) is 75.8 Å². The molecule has 230 valence electrons. The fraction of sp³-hybridized carbons (Fsp3) is 0.471. The molecule has 4 rings (SSSR count). The predicted octanol–water partition coefficient (Wildman–Crippen LogP) is 6.43. The second kappa shape index (κ2) is 13.1. The zero-order chi connectivity index (χ0) is 31.5. The monoisotopic (exact) mass is 591 g/mol. The number of amides is 2. The van der Waals surface area contributed by atoms with Gasteiger partial charge >= 0.3 is 5.97 Å². The number of ketones is 1. The molecule has 0 spiro atoms. The Morgan fingerprint density at radius 3 is 2.42 bits per heavy atom. The van der Waals surface area contributed by atoms with E-state index in [0.717, 1.165) is 0 Å². The zero-order valence-electron chi connectivity index (χ0n) is 25.9. The van der Waals surface area contributed by atoms with Crippen LogP contribution in [0.15, 0.2) is 42.5 Å². The Labute approximate surface area is 252 Å². The van der Waals surface area contributed by atoms with Crippen molar-refractivity contribution in [3.05, 3.63) is 53.8 Å². The van der Waals surface area contributed by atoms with E-state index < -0.39 is 29.3 Å². The number of rotatable bonds is 10. The summed E-state index contributed by atoms with van der Waals surface area (Å²) in [5.74, 6) is -1.68. The lowest BCUT2D eigenvalue weighted by Gasteiger charge is -2.29. The molecule has 0 saturated carbocycles. The van der Waals surface area contributed by atoms with Crippen molar-refractivity contribution in [2.45, 2.75) is 85.3 Å². The Kier molecular flexibility index (Phi) is 9.72. The molecule has 0 aliphatic carbocycles. The number of aromatic nitrogens is 1. The Balaban J connectivity index is 1.49. The van der Waals surface area contributed by atoms with Crippen LogP contribution in [-0.2, 0) is 30.3 Å². The van der Waals surface area contributed by atoms with Gasteiger partial charge in [-0.1, -0.05) is 32.0 Å². The number of nitrogens with zero attached hydrogens (tertiary/aromatic N) is 1. The summed E-state index contributed by atoms with van der Waals surface area (Å²) in [5, 5.41) is 3.07. The molecule has 9 heteroatoms. The number of H-pyrrole nitrogens is 1. The Morgan fingerprint density at radius 1 is 1.09 bits per heavy atom. The largest absolute Gasteiger partial charge is 0.460 e. The highest BCUT2D eigenvalue weighted by molar-refractivity contribution is 5.94. The molecule has 1 aliphatic rings. The van der Waals surface area contributed by atoms with Crippen molar-refractivity contribution in [3.63, 3.8) is 0 Å². The average molecular weight is 592 g/mol. The van der Waals surface area contributed by atoms with Crippen LogP contribution in [0.5, 0.6) is 0 Å². The molecule has 2 heterocycles. The number of aromatic amines is 1. The SMILES string of the molecule is CC(=O)Nc1ccc(-c2[nH]c3ccc(CC(=O)[C@@H]4CCCN4C(=O)[C@H](CC(=O)OC(C)(C)C)CC(C)C)cc3c2F)cc1. The second-order valence-electron chi connectivity index (χ2n) is 12.9. The summed E-state index contributed by atoms with van der Waals surface area (Å²) in [5.41, 5.74) is 2.19. The van der Waals surface area contributed by atoms with Gasteiger partial charge in [-0.25, -0.2) is 4.39 Å². The molecule has 1 fully saturated rings. The Bertz CT molecular complexity index is 1500. The van der Waals surface area contributed by atoms with Gasteiger partial charge in [-0.3, -0.25) is 19.2 Å². The molecule has 2 aromatic carbocycles. The van der Waals surface area contributed by atoms with E-state index in [-0.39, 0.29) is 36.4 Å². The van der Waals surface area contributed by atoms with Crippen molar-refractivity contribution >= 4 is 40.2 Å². The van der Waals surface area contributed by atoms with Crippen LogP contribution in [0.2, 0.25) is 0 Å². The molecule has 3 aromatic rings. The van der Waals surface area contributed by atoms with E-state index >= 15 is 4.39 Å². The number of ether oxygens (including phenoxy) is 1. The molecular formula is C34H42FN3O5. The van der Waals surface area contributed by atoms with Crippen LogP contribution >= 0.6 is 0 Å². The van der Waals surface area contributed by atoms with Gasteiger partial charge in [0.05, 0.1) is 18.2 Å². The van der Waals surface area contributed by atoms with E-state index in [4.69, 9.17) is 4.74 Å². The highest BCUT2D eigenvalue weighted by Gasteiger charge is 2.38. The molecule has 2 atom stereocenters. The lowest BCUT2D eigenvalue weighted by molar-refractivity contribution is -0.159. The van der Waals surface area contributed by atoms with Crippen molar-refractivity contribution < 1.29 is 28.3 Å². The summed E-state index contributed by atoms with van der Waals surface area (Å²) < 4.78 is 21.0. The molecule has 1 aliphatic heterocycles. The van der Waals surface area contributed by atoms with Crippen LogP contribution in [0.25, 0.3) is 22.2 Å². The third-order valence-corrected chi connectivity index (χ3v) is 7.52. The quantitative estimate of drug-likeness (QED) is 0.264. The van der Waals surface area contributed by atoms with Crippen molar-refractivity contribution in [1.29, 1.82) is 0 Å². The maximum absolute atomic E-state index is 15.5. The average Bonchev–Trinajstić information content (AvgIpc) is 3.52. The van der Waals surface area contributed by atoms with Crippen LogP contribution in [-0.4, -0.2) is 51.6 Å². The predicted molar refractivity (Wildman–Crippen MR) is 165 cm³/mol. The summed E-state index contributed by atoms with van der Waals surface area (Å²) in [6, 6.07) is 11.5. The van der Waals surface area contributed by atoms with Gasteiger partial charge in [-0.2, -0.15) is 0 Å². The van der Waals surface area contributed by atoms with E-state index in [1.54, 1.807) is 68.1 Å². The highest BCUT2D eigenvalue weighted by Crippen LogP contribution is 2.31. The smallest absolute Gasteiger partial charge is 0.307 e. The van der Waals surface area contributed by atoms with Gasteiger partial charge in [0.25, 0.3) is 0 Å². The van der Waals surface area contributed by atoms with Crippen molar-refractivity contribution in [2.24, 2.45) is 11.8 Å². The molecule has 0 unspecified atom stereocenters. The molecule has 1 aromatic heterocycles. The topological polar surface area (TPSA) is 109 Å². The second-order valence-corrected chi connectivity index (χ2v) is 12.9. The Hall–Kier alpha value is -4.01.